The molecule has 2 radical (unpaired) electrons. The van der Waals surface area contributed by atoms with Crippen LogP contribution in [0, 0.1) is 13.8 Å². The van der Waals surface area contributed by atoms with E-state index in [2.05, 4.69) is 122 Å². The molecule has 0 aliphatic carbocycles. The molecule has 0 amide bonds. The molecule has 0 aliphatic rings. The number of halogens is 2. The van der Waals surface area contributed by atoms with Crippen molar-refractivity contribution in [1.29, 1.82) is 0 Å². The number of aromatic nitrogens is 2. The second-order valence-corrected chi connectivity index (χ2v) is 13.5. The summed E-state index contributed by atoms with van der Waals surface area (Å²) in [5.74, 6) is 0. The third-order valence-electron chi connectivity index (χ3n) is 5.77. The number of rotatable bonds is 2. The average Bonchev–Trinajstić information content (AvgIpc) is 3.51. The van der Waals surface area contributed by atoms with Gasteiger partial charge in [0.2, 0.25) is 0 Å². The van der Waals surface area contributed by atoms with E-state index in [4.69, 9.17) is 17.0 Å². The van der Waals surface area contributed by atoms with Crippen molar-refractivity contribution in [2.45, 2.75) is 26.9 Å². The molecule has 6 rings (SSSR count). The monoisotopic (exact) mass is 630 g/mol. The minimum atomic E-state index is -0.826. The summed E-state index contributed by atoms with van der Waals surface area (Å²) in [6.07, 6.45) is 7.35. The molecule has 0 fully saturated rings. The summed E-state index contributed by atoms with van der Waals surface area (Å²) in [5.41, 5.74) is 7.66. The van der Waals surface area contributed by atoms with Crippen LogP contribution >= 0.6 is 17.0 Å². The molecular formula is C32H30Cl2N2SiZr. The fourth-order valence-electron chi connectivity index (χ4n) is 4.34. The Balaban J connectivity index is 0.000000175. The standard InChI is InChI=1S/2C15H12N.C2H6Si.2ClH.Zr/c2*1-11-9-13-3-2-4-14(15(13)10-11)12-5-7-16-8-6-12;1-3-2;;;/h2*2-10H,1H3;1-2H3;2*1H;/q2*-1;;;;+4/p-2. The first kappa shape index (κ1) is 30.2. The average molecular weight is 633 g/mol. The van der Waals surface area contributed by atoms with Gasteiger partial charge < -0.3 is 0 Å². The first-order valence-corrected chi connectivity index (χ1v) is 20.5. The van der Waals surface area contributed by atoms with E-state index in [0.29, 0.717) is 0 Å². The van der Waals surface area contributed by atoms with Crippen molar-refractivity contribution in [2.75, 3.05) is 0 Å². The molecule has 0 N–H and O–H groups in total. The van der Waals surface area contributed by atoms with Gasteiger partial charge in [0.05, 0.1) is 0 Å². The number of hydrogen-bond donors (Lipinski definition) is 0. The van der Waals surface area contributed by atoms with Crippen LogP contribution in [0.25, 0.3) is 43.8 Å². The normalized spacial score (nSPS) is 9.84. The van der Waals surface area contributed by atoms with Gasteiger partial charge in [-0.3, -0.25) is 9.97 Å². The zero-order chi connectivity index (χ0) is 27.3. The topological polar surface area (TPSA) is 25.8 Å². The van der Waals surface area contributed by atoms with Gasteiger partial charge in [0, 0.05) is 34.3 Å². The van der Waals surface area contributed by atoms with E-state index >= 15 is 0 Å². The van der Waals surface area contributed by atoms with Gasteiger partial charge in [-0.15, -0.1) is 69.1 Å². The fraction of sp³-hybridized carbons (Fsp3) is 0.125. The summed E-state index contributed by atoms with van der Waals surface area (Å²) in [5, 5.41) is 5.27. The van der Waals surface area contributed by atoms with E-state index in [1.165, 1.54) is 54.9 Å². The van der Waals surface area contributed by atoms with E-state index in [1.807, 2.05) is 24.8 Å². The minimum absolute atomic E-state index is 0.826. The number of aryl methyl sites for hydroxylation is 2. The number of pyridine rings is 2. The van der Waals surface area contributed by atoms with Crippen LogP contribution in [0.2, 0.25) is 13.1 Å². The van der Waals surface area contributed by atoms with Gasteiger partial charge in [-0.1, -0.05) is 50.2 Å². The molecule has 6 heteroatoms. The van der Waals surface area contributed by atoms with Crippen LogP contribution in [0.1, 0.15) is 11.1 Å². The molecule has 0 bridgehead atoms. The molecule has 2 heterocycles. The van der Waals surface area contributed by atoms with Gasteiger partial charge in [-0.2, -0.15) is 12.1 Å². The van der Waals surface area contributed by atoms with E-state index < -0.39 is 20.8 Å². The van der Waals surface area contributed by atoms with E-state index in [9.17, 15) is 0 Å². The van der Waals surface area contributed by atoms with E-state index in [-0.39, 0.29) is 0 Å². The molecular weight excluding hydrogens is 603 g/mol. The van der Waals surface area contributed by atoms with Crippen LogP contribution in [0.5, 0.6) is 0 Å². The van der Waals surface area contributed by atoms with Gasteiger partial charge >= 0.3 is 37.9 Å². The van der Waals surface area contributed by atoms with Crippen LogP contribution < -0.4 is 0 Å². The molecule has 2 aromatic heterocycles. The Bertz CT molecular complexity index is 1410. The summed E-state index contributed by atoms with van der Waals surface area (Å²) in [4.78, 5) is 8.11. The Morgan fingerprint density at radius 2 is 0.974 bits per heavy atom. The van der Waals surface area contributed by atoms with Crippen LogP contribution in [0.15, 0.2) is 110 Å². The zero-order valence-electron chi connectivity index (χ0n) is 22.0. The summed E-state index contributed by atoms with van der Waals surface area (Å²) < 4.78 is 0. The predicted octanol–water partition coefficient (Wildman–Crippen LogP) is 10.0. The molecule has 190 valence electrons. The Hall–Kier alpha value is -2.36. The van der Waals surface area contributed by atoms with Crippen LogP contribution in [0.4, 0.5) is 0 Å². The second-order valence-electron chi connectivity index (χ2n) is 8.73. The van der Waals surface area contributed by atoms with Crippen molar-refractivity contribution in [3.63, 3.8) is 0 Å². The first-order valence-electron chi connectivity index (χ1n) is 12.2. The Morgan fingerprint density at radius 3 is 1.32 bits per heavy atom. The third-order valence-corrected chi connectivity index (χ3v) is 5.77. The molecule has 0 spiro atoms. The molecule has 6 aromatic rings. The number of hydrogen-bond acceptors (Lipinski definition) is 2. The molecule has 0 saturated heterocycles. The maximum atomic E-state index is 4.93. The molecule has 0 atom stereocenters. The van der Waals surface area contributed by atoms with Gasteiger partial charge in [-0.25, -0.2) is 0 Å². The van der Waals surface area contributed by atoms with Gasteiger partial charge in [0.25, 0.3) is 0 Å². The van der Waals surface area contributed by atoms with Crippen LogP contribution in [-0.4, -0.2) is 19.5 Å². The quantitative estimate of drug-likeness (QED) is 0.140. The SMILES string of the molecule is C[Si]C.Cc1cc2c(-c3ccncc3)cccc2[cH-]1.Cc1cc2c(-c3ccncc3)cccc2[cH-]1.[Cl][Zr+2][Cl]. The van der Waals surface area contributed by atoms with Crippen molar-refractivity contribution in [2.24, 2.45) is 0 Å². The van der Waals surface area contributed by atoms with Gasteiger partial charge in [0.1, 0.15) is 0 Å². The zero-order valence-corrected chi connectivity index (χ0v) is 27.0. The van der Waals surface area contributed by atoms with Crippen molar-refractivity contribution >= 4 is 48.1 Å². The number of fused-ring (bicyclic) bond motifs is 2. The maximum absolute atomic E-state index is 4.93. The molecule has 2 nitrogen and oxygen atoms in total. The van der Waals surface area contributed by atoms with Gasteiger partial charge in [0.15, 0.2) is 0 Å². The van der Waals surface area contributed by atoms with Crippen LogP contribution in [0.3, 0.4) is 0 Å². The molecule has 4 aromatic carbocycles. The molecule has 0 unspecified atom stereocenters. The Kier molecular flexibility index (Phi) is 12.6. The number of nitrogens with zero attached hydrogens (tertiary/aromatic N) is 2. The van der Waals surface area contributed by atoms with Crippen molar-refractivity contribution in [1.82, 2.24) is 9.97 Å². The fourth-order valence-corrected chi connectivity index (χ4v) is 4.34. The summed E-state index contributed by atoms with van der Waals surface area (Å²) in [6.45, 7) is 8.58. The van der Waals surface area contributed by atoms with Crippen molar-refractivity contribution in [3.8, 4) is 22.3 Å². The Morgan fingerprint density at radius 1 is 0.632 bits per heavy atom. The van der Waals surface area contributed by atoms with Gasteiger partial charge in [-0.05, 0) is 35.4 Å². The molecule has 0 saturated carbocycles. The summed E-state index contributed by atoms with van der Waals surface area (Å²) in [7, 11) is 11.0. The van der Waals surface area contributed by atoms with Crippen molar-refractivity contribution < 1.29 is 20.8 Å². The van der Waals surface area contributed by atoms with Crippen molar-refractivity contribution in [3.05, 3.63) is 121 Å². The predicted molar refractivity (Wildman–Crippen MR) is 164 cm³/mol. The Labute approximate surface area is 247 Å². The molecule has 38 heavy (non-hydrogen) atoms. The van der Waals surface area contributed by atoms with E-state index in [0.717, 1.165) is 9.52 Å². The van der Waals surface area contributed by atoms with Crippen LogP contribution in [-0.2, 0) is 20.8 Å². The number of benzene rings is 2. The summed E-state index contributed by atoms with van der Waals surface area (Å²) >= 11 is -0.826. The third kappa shape index (κ3) is 8.32. The summed E-state index contributed by atoms with van der Waals surface area (Å²) in [6, 6.07) is 30.0. The second kappa shape index (κ2) is 15.9. The van der Waals surface area contributed by atoms with E-state index in [1.54, 1.807) is 0 Å². The first-order chi connectivity index (χ1) is 18.5. The molecule has 0 aliphatic heterocycles.